The van der Waals surface area contributed by atoms with Crippen LogP contribution in [0, 0.1) is 0 Å². The van der Waals surface area contributed by atoms with Crippen molar-refractivity contribution in [1.29, 1.82) is 0 Å². The van der Waals surface area contributed by atoms with Crippen LogP contribution < -0.4 is 5.14 Å². The van der Waals surface area contributed by atoms with E-state index in [-0.39, 0.29) is 4.90 Å². The van der Waals surface area contributed by atoms with Crippen LogP contribution in [0.5, 0.6) is 0 Å². The summed E-state index contributed by atoms with van der Waals surface area (Å²) in [5.74, 6) is 0. The molecular weight excluding hydrogens is 372 g/mol. The second-order valence-electron chi connectivity index (χ2n) is 3.55. The average Bonchev–Trinajstić information content (AvgIpc) is 2.50. The van der Waals surface area contributed by atoms with Gasteiger partial charge in [0.2, 0.25) is 10.0 Å². The quantitative estimate of drug-likeness (QED) is 0.869. The van der Waals surface area contributed by atoms with Crippen LogP contribution in [0.4, 0.5) is 0 Å². The predicted octanol–water partition coefficient (Wildman–Crippen LogP) is 2.83. The van der Waals surface area contributed by atoms with Gasteiger partial charge >= 0.3 is 0 Å². The number of hydrogen-bond donors (Lipinski definition) is 1. The third-order valence-corrected chi connectivity index (χ3v) is 5.65. The highest BCUT2D eigenvalue weighted by Crippen LogP contribution is 2.37. The molecule has 2 aromatic rings. The van der Waals surface area contributed by atoms with Gasteiger partial charge in [-0.15, -0.1) is 0 Å². The molecule has 2 rings (SSSR count). The van der Waals surface area contributed by atoms with Crippen molar-refractivity contribution in [2.45, 2.75) is 18.4 Å². The van der Waals surface area contributed by atoms with E-state index in [1.165, 1.54) is 6.07 Å². The van der Waals surface area contributed by atoms with Crippen LogP contribution in [0.15, 0.2) is 32.2 Å². The van der Waals surface area contributed by atoms with Gasteiger partial charge in [-0.05, 0) is 44.8 Å². The summed E-state index contributed by atoms with van der Waals surface area (Å²) in [7, 11) is -3.73. The van der Waals surface area contributed by atoms with E-state index in [0.717, 1.165) is 14.5 Å². The zero-order chi connectivity index (χ0) is 12.8. The van der Waals surface area contributed by atoms with Crippen LogP contribution in [0.25, 0.3) is 10.9 Å². The van der Waals surface area contributed by atoms with Crippen molar-refractivity contribution in [1.82, 2.24) is 4.57 Å². The largest absolute Gasteiger partial charge is 0.333 e. The highest BCUT2D eigenvalue weighted by atomic mass is 79.9. The number of fused-ring (bicyclic) bond motifs is 1. The monoisotopic (exact) mass is 380 g/mol. The Bertz CT molecular complexity index is 692. The third-order valence-electron chi connectivity index (χ3n) is 2.55. The Morgan fingerprint density at radius 2 is 2.00 bits per heavy atom. The number of halogens is 2. The molecule has 0 aliphatic rings. The van der Waals surface area contributed by atoms with E-state index < -0.39 is 10.0 Å². The summed E-state index contributed by atoms with van der Waals surface area (Å²) in [6.45, 7) is 2.59. The Morgan fingerprint density at radius 1 is 1.35 bits per heavy atom. The molecule has 0 saturated heterocycles. The first-order valence-corrected chi connectivity index (χ1v) is 8.00. The van der Waals surface area contributed by atoms with Crippen molar-refractivity contribution in [2.24, 2.45) is 5.14 Å². The van der Waals surface area contributed by atoms with Crippen LogP contribution in [0.3, 0.4) is 0 Å². The average molecular weight is 382 g/mol. The number of sulfonamides is 1. The van der Waals surface area contributed by atoms with Gasteiger partial charge in [0.05, 0.1) is 9.99 Å². The molecule has 4 nitrogen and oxygen atoms in total. The normalized spacial score (nSPS) is 12.2. The molecule has 0 atom stereocenters. The predicted molar refractivity (Wildman–Crippen MR) is 74.4 cm³/mol. The standard InChI is InChI=1S/C10H10Br2N2O2S/c1-2-14-9-6(8(11)10(14)12)4-3-5-7(9)17(13,15)16/h3-5H,2H2,1H3,(H2,13,15,16). The second kappa shape index (κ2) is 4.38. The fourth-order valence-electron chi connectivity index (χ4n) is 1.83. The highest BCUT2D eigenvalue weighted by molar-refractivity contribution is 9.13. The Labute approximate surface area is 116 Å². The van der Waals surface area contributed by atoms with E-state index in [1.54, 1.807) is 6.07 Å². The Kier molecular flexibility index (Phi) is 3.37. The zero-order valence-corrected chi connectivity index (χ0v) is 12.9. The summed E-state index contributed by atoms with van der Waals surface area (Å²) in [5.41, 5.74) is 0.622. The molecule has 1 heterocycles. The van der Waals surface area contributed by atoms with Gasteiger partial charge in [-0.2, -0.15) is 0 Å². The molecule has 0 bridgehead atoms. The molecule has 92 valence electrons. The summed E-state index contributed by atoms with van der Waals surface area (Å²) in [4.78, 5) is 0.142. The summed E-state index contributed by atoms with van der Waals surface area (Å²) in [5, 5.41) is 6.06. The van der Waals surface area contributed by atoms with Crippen LogP contribution in [-0.4, -0.2) is 13.0 Å². The molecule has 0 aliphatic carbocycles. The van der Waals surface area contributed by atoms with E-state index in [9.17, 15) is 8.42 Å². The summed E-state index contributed by atoms with van der Waals surface area (Å²) < 4.78 is 26.6. The third kappa shape index (κ3) is 2.05. The van der Waals surface area contributed by atoms with Crippen molar-refractivity contribution in [3.05, 3.63) is 27.3 Å². The first kappa shape index (κ1) is 13.1. The van der Waals surface area contributed by atoms with Crippen molar-refractivity contribution >= 4 is 52.8 Å². The fourth-order valence-corrected chi connectivity index (χ4v) is 3.77. The minimum Gasteiger partial charge on any atom is -0.333 e. The second-order valence-corrected chi connectivity index (χ2v) is 6.62. The van der Waals surface area contributed by atoms with E-state index >= 15 is 0 Å². The summed E-state index contributed by atoms with van der Waals surface area (Å²) >= 11 is 6.88. The fraction of sp³-hybridized carbons (Fsp3) is 0.200. The smallest absolute Gasteiger partial charge is 0.240 e. The van der Waals surface area contributed by atoms with Crippen molar-refractivity contribution in [3.8, 4) is 0 Å². The van der Waals surface area contributed by atoms with Gasteiger partial charge in [0.1, 0.15) is 9.50 Å². The maximum Gasteiger partial charge on any atom is 0.240 e. The van der Waals surface area contributed by atoms with Crippen LogP contribution in [0.2, 0.25) is 0 Å². The molecule has 2 N–H and O–H groups in total. The molecule has 0 amide bonds. The van der Waals surface area contributed by atoms with Gasteiger partial charge in [0, 0.05) is 11.9 Å². The lowest BCUT2D eigenvalue weighted by atomic mass is 10.2. The number of rotatable bonds is 2. The van der Waals surface area contributed by atoms with Crippen molar-refractivity contribution in [2.75, 3.05) is 0 Å². The Morgan fingerprint density at radius 3 is 2.53 bits per heavy atom. The van der Waals surface area contributed by atoms with Crippen LogP contribution >= 0.6 is 31.9 Å². The number of nitrogens with two attached hydrogens (primary N) is 1. The Balaban J connectivity index is 3.04. The first-order chi connectivity index (χ1) is 7.88. The molecule has 0 aliphatic heterocycles. The highest BCUT2D eigenvalue weighted by Gasteiger charge is 2.20. The summed E-state index contributed by atoms with van der Waals surface area (Å²) in [6.07, 6.45) is 0. The maximum absolute atomic E-state index is 11.6. The molecule has 0 fully saturated rings. The number of nitrogens with zero attached hydrogens (tertiary/aromatic N) is 1. The molecule has 0 saturated carbocycles. The van der Waals surface area contributed by atoms with Crippen LogP contribution in [-0.2, 0) is 16.6 Å². The minimum absolute atomic E-state index is 0.142. The van der Waals surface area contributed by atoms with Gasteiger partial charge < -0.3 is 4.57 Å². The lowest BCUT2D eigenvalue weighted by Gasteiger charge is -2.06. The molecule has 0 spiro atoms. The van der Waals surface area contributed by atoms with Gasteiger partial charge in [0.15, 0.2) is 0 Å². The van der Waals surface area contributed by atoms with Gasteiger partial charge in [-0.25, -0.2) is 13.6 Å². The van der Waals surface area contributed by atoms with Crippen molar-refractivity contribution in [3.63, 3.8) is 0 Å². The number of hydrogen-bond acceptors (Lipinski definition) is 2. The minimum atomic E-state index is -3.73. The molecule has 1 aromatic carbocycles. The zero-order valence-electron chi connectivity index (χ0n) is 8.94. The number of benzene rings is 1. The number of para-hydroxylation sites is 1. The number of aromatic nitrogens is 1. The first-order valence-electron chi connectivity index (χ1n) is 4.87. The lowest BCUT2D eigenvalue weighted by Crippen LogP contribution is -2.13. The van der Waals surface area contributed by atoms with E-state index in [2.05, 4.69) is 31.9 Å². The van der Waals surface area contributed by atoms with Crippen molar-refractivity contribution < 1.29 is 8.42 Å². The van der Waals surface area contributed by atoms with E-state index in [1.807, 2.05) is 17.6 Å². The van der Waals surface area contributed by atoms with E-state index in [0.29, 0.717) is 12.1 Å². The number of primary sulfonamides is 1. The molecule has 17 heavy (non-hydrogen) atoms. The Hall–Kier alpha value is -0.370. The molecular formula is C10H10Br2N2O2S. The molecule has 0 unspecified atom stereocenters. The molecule has 0 radical (unpaired) electrons. The molecule has 1 aromatic heterocycles. The summed E-state index contributed by atoms with van der Waals surface area (Å²) in [6, 6.07) is 5.05. The number of aryl methyl sites for hydroxylation is 1. The van der Waals surface area contributed by atoms with Gasteiger partial charge in [0.25, 0.3) is 0 Å². The maximum atomic E-state index is 11.6. The van der Waals surface area contributed by atoms with Gasteiger partial charge in [-0.1, -0.05) is 12.1 Å². The van der Waals surface area contributed by atoms with E-state index in [4.69, 9.17) is 5.14 Å². The van der Waals surface area contributed by atoms with Gasteiger partial charge in [-0.3, -0.25) is 0 Å². The lowest BCUT2D eigenvalue weighted by molar-refractivity contribution is 0.598. The topological polar surface area (TPSA) is 65.1 Å². The SMILES string of the molecule is CCn1c(Br)c(Br)c2cccc(S(N)(=O)=O)c21. The van der Waals surface area contributed by atoms with Crippen LogP contribution in [0.1, 0.15) is 6.92 Å². The molecule has 7 heteroatoms.